The Labute approximate surface area is 129 Å². The van der Waals surface area contributed by atoms with Crippen molar-refractivity contribution in [3.63, 3.8) is 0 Å². The third-order valence-corrected chi connectivity index (χ3v) is 4.35. The van der Waals surface area contributed by atoms with E-state index in [1.165, 1.54) is 12.1 Å². The first kappa shape index (κ1) is 16.7. The normalized spacial score (nSPS) is 18.7. The second-order valence-corrected chi connectivity index (χ2v) is 7.05. The third-order valence-electron chi connectivity index (χ3n) is 3.42. The standard InChI is InChI=1S/C14H19FN2O4S/c15-12-2-4-13(5-3-12)21-7-1-6-17-9-11(8-14(17)18)10-22(16,19)20/h2-5,11H,1,6-10H2,(H2,16,19,20). The molecule has 1 aliphatic rings. The van der Waals surface area contributed by atoms with Crippen LogP contribution in [-0.2, 0) is 14.8 Å². The molecule has 1 amide bonds. The fraction of sp³-hybridized carbons (Fsp3) is 0.500. The molecular formula is C14H19FN2O4S. The summed E-state index contributed by atoms with van der Waals surface area (Å²) >= 11 is 0. The molecule has 0 aliphatic carbocycles. The highest BCUT2D eigenvalue weighted by molar-refractivity contribution is 7.89. The number of ether oxygens (including phenoxy) is 1. The van der Waals surface area contributed by atoms with Crippen LogP contribution in [0, 0.1) is 11.7 Å². The Morgan fingerprint density at radius 3 is 2.64 bits per heavy atom. The molecule has 0 radical (unpaired) electrons. The van der Waals surface area contributed by atoms with Gasteiger partial charge in [0.15, 0.2) is 0 Å². The maximum absolute atomic E-state index is 12.7. The lowest BCUT2D eigenvalue weighted by Crippen LogP contribution is -2.29. The van der Waals surface area contributed by atoms with Crippen molar-refractivity contribution in [2.45, 2.75) is 12.8 Å². The molecule has 0 saturated carbocycles. The molecule has 1 aliphatic heterocycles. The summed E-state index contributed by atoms with van der Waals surface area (Å²) in [5.41, 5.74) is 0. The van der Waals surface area contributed by atoms with Crippen molar-refractivity contribution in [3.05, 3.63) is 30.1 Å². The maximum Gasteiger partial charge on any atom is 0.222 e. The van der Waals surface area contributed by atoms with Gasteiger partial charge in [-0.1, -0.05) is 0 Å². The SMILES string of the molecule is NS(=O)(=O)CC1CC(=O)N(CCCOc2ccc(F)cc2)C1. The number of likely N-dealkylation sites (tertiary alicyclic amines) is 1. The number of sulfonamides is 1. The quantitative estimate of drug-likeness (QED) is 0.746. The van der Waals surface area contributed by atoms with Gasteiger partial charge in [0.25, 0.3) is 0 Å². The topological polar surface area (TPSA) is 89.7 Å². The first-order valence-corrected chi connectivity index (χ1v) is 8.71. The molecule has 8 heteroatoms. The summed E-state index contributed by atoms with van der Waals surface area (Å²) in [5.74, 6) is -0.213. The number of carbonyl (C=O) groups is 1. The van der Waals surface area contributed by atoms with Gasteiger partial charge in [-0.3, -0.25) is 4.79 Å². The first-order valence-electron chi connectivity index (χ1n) is 7.00. The molecule has 1 atom stereocenters. The highest BCUT2D eigenvalue weighted by Crippen LogP contribution is 2.19. The molecule has 2 rings (SSSR count). The Kier molecular flexibility index (Phi) is 5.36. The van der Waals surface area contributed by atoms with Gasteiger partial charge >= 0.3 is 0 Å². The largest absolute Gasteiger partial charge is 0.494 e. The number of amides is 1. The van der Waals surface area contributed by atoms with E-state index in [1.54, 1.807) is 17.0 Å². The van der Waals surface area contributed by atoms with Crippen LogP contribution in [0.5, 0.6) is 5.75 Å². The summed E-state index contributed by atoms with van der Waals surface area (Å²) < 4.78 is 40.3. The van der Waals surface area contributed by atoms with Gasteiger partial charge in [0.05, 0.1) is 12.4 Å². The van der Waals surface area contributed by atoms with Crippen LogP contribution in [0.4, 0.5) is 4.39 Å². The number of primary sulfonamides is 1. The highest BCUT2D eigenvalue weighted by atomic mass is 32.2. The fourth-order valence-corrected chi connectivity index (χ4v) is 3.37. The van der Waals surface area contributed by atoms with Gasteiger partial charge in [-0.15, -0.1) is 0 Å². The summed E-state index contributed by atoms with van der Waals surface area (Å²) in [5, 5.41) is 5.00. The van der Waals surface area contributed by atoms with Crippen LogP contribution in [0.1, 0.15) is 12.8 Å². The summed E-state index contributed by atoms with van der Waals surface area (Å²) in [6.45, 7) is 1.31. The van der Waals surface area contributed by atoms with Crippen LogP contribution in [0.15, 0.2) is 24.3 Å². The van der Waals surface area contributed by atoms with Crippen molar-refractivity contribution < 1.29 is 22.3 Å². The summed E-state index contributed by atoms with van der Waals surface area (Å²) in [6, 6.07) is 5.71. The van der Waals surface area contributed by atoms with Gasteiger partial charge in [0, 0.05) is 25.4 Å². The molecule has 0 spiro atoms. The Morgan fingerprint density at radius 1 is 1.32 bits per heavy atom. The zero-order valence-electron chi connectivity index (χ0n) is 12.1. The molecule has 6 nitrogen and oxygen atoms in total. The first-order chi connectivity index (χ1) is 10.3. The van der Waals surface area contributed by atoms with E-state index in [4.69, 9.17) is 9.88 Å². The minimum Gasteiger partial charge on any atom is -0.494 e. The molecule has 1 saturated heterocycles. The maximum atomic E-state index is 12.7. The molecule has 1 aromatic rings. The zero-order valence-corrected chi connectivity index (χ0v) is 12.9. The van der Waals surface area contributed by atoms with Gasteiger partial charge in [0.1, 0.15) is 11.6 Å². The van der Waals surface area contributed by atoms with E-state index < -0.39 is 10.0 Å². The average Bonchev–Trinajstić information content (AvgIpc) is 2.74. The van der Waals surface area contributed by atoms with E-state index in [0.717, 1.165) is 0 Å². The predicted octanol–water partition coefficient (Wildman–Crippen LogP) is 0.732. The van der Waals surface area contributed by atoms with Gasteiger partial charge in [-0.25, -0.2) is 17.9 Å². The smallest absolute Gasteiger partial charge is 0.222 e. The fourth-order valence-electron chi connectivity index (χ4n) is 2.49. The second-order valence-electron chi connectivity index (χ2n) is 5.40. The van der Waals surface area contributed by atoms with E-state index in [9.17, 15) is 17.6 Å². The number of hydrogen-bond acceptors (Lipinski definition) is 4. The lowest BCUT2D eigenvalue weighted by Gasteiger charge is -2.16. The number of benzene rings is 1. The van der Waals surface area contributed by atoms with Crippen LogP contribution in [0.2, 0.25) is 0 Å². The van der Waals surface area contributed by atoms with Crippen LogP contribution < -0.4 is 9.88 Å². The number of nitrogens with two attached hydrogens (primary N) is 1. The van der Waals surface area contributed by atoms with Crippen molar-refractivity contribution in [2.24, 2.45) is 11.1 Å². The lowest BCUT2D eigenvalue weighted by molar-refractivity contribution is -0.127. The molecule has 22 heavy (non-hydrogen) atoms. The Bertz CT molecular complexity index is 618. The molecule has 1 aromatic carbocycles. The van der Waals surface area contributed by atoms with E-state index in [0.29, 0.717) is 31.9 Å². The van der Waals surface area contributed by atoms with Crippen molar-refractivity contribution in [1.29, 1.82) is 0 Å². The number of halogens is 1. The number of rotatable bonds is 7. The van der Waals surface area contributed by atoms with Crippen LogP contribution in [-0.4, -0.2) is 44.7 Å². The molecule has 122 valence electrons. The summed E-state index contributed by atoms with van der Waals surface area (Å²) in [6.07, 6.45) is 0.834. The molecule has 1 unspecified atom stereocenters. The van der Waals surface area contributed by atoms with Gasteiger partial charge in [-0.2, -0.15) is 0 Å². The Balaban J connectivity index is 1.71. The van der Waals surface area contributed by atoms with E-state index in [-0.39, 0.29) is 29.8 Å². The van der Waals surface area contributed by atoms with Gasteiger partial charge in [-0.05, 0) is 30.7 Å². The monoisotopic (exact) mass is 330 g/mol. The molecular weight excluding hydrogens is 311 g/mol. The number of nitrogens with zero attached hydrogens (tertiary/aromatic N) is 1. The minimum absolute atomic E-state index is 0.0598. The van der Waals surface area contributed by atoms with Crippen LogP contribution in [0.3, 0.4) is 0 Å². The van der Waals surface area contributed by atoms with Crippen molar-refractivity contribution in [3.8, 4) is 5.75 Å². The van der Waals surface area contributed by atoms with E-state index in [2.05, 4.69) is 0 Å². The summed E-state index contributed by atoms with van der Waals surface area (Å²) in [7, 11) is -3.55. The van der Waals surface area contributed by atoms with Crippen molar-refractivity contribution in [1.82, 2.24) is 4.90 Å². The van der Waals surface area contributed by atoms with Crippen LogP contribution in [0.25, 0.3) is 0 Å². The average molecular weight is 330 g/mol. The van der Waals surface area contributed by atoms with Crippen molar-refractivity contribution in [2.75, 3.05) is 25.4 Å². The Morgan fingerprint density at radius 2 is 2.00 bits per heavy atom. The van der Waals surface area contributed by atoms with Crippen LogP contribution >= 0.6 is 0 Å². The van der Waals surface area contributed by atoms with E-state index in [1.807, 2.05) is 0 Å². The lowest BCUT2D eigenvalue weighted by atomic mass is 10.1. The van der Waals surface area contributed by atoms with Gasteiger partial charge in [0.2, 0.25) is 15.9 Å². The Hall–Kier alpha value is -1.67. The molecule has 0 aromatic heterocycles. The molecule has 1 fully saturated rings. The number of hydrogen-bond donors (Lipinski definition) is 1. The van der Waals surface area contributed by atoms with Gasteiger partial charge < -0.3 is 9.64 Å². The third kappa shape index (κ3) is 5.27. The predicted molar refractivity (Wildman–Crippen MR) is 79.2 cm³/mol. The zero-order chi connectivity index (χ0) is 16.2. The number of carbonyl (C=O) groups excluding carboxylic acids is 1. The highest BCUT2D eigenvalue weighted by Gasteiger charge is 2.31. The second kappa shape index (κ2) is 7.06. The molecule has 0 bridgehead atoms. The molecule has 1 heterocycles. The van der Waals surface area contributed by atoms with Crippen molar-refractivity contribution >= 4 is 15.9 Å². The molecule has 2 N–H and O–H groups in total. The minimum atomic E-state index is -3.55. The van der Waals surface area contributed by atoms with E-state index >= 15 is 0 Å². The summed E-state index contributed by atoms with van der Waals surface area (Å²) in [4.78, 5) is 13.4.